The predicted octanol–water partition coefficient (Wildman–Crippen LogP) is 3.64. The average molecular weight is 370 g/mol. The summed E-state index contributed by atoms with van der Waals surface area (Å²) in [5.74, 6) is -11.2. The van der Waals surface area contributed by atoms with E-state index >= 15 is 0 Å². The molecule has 1 heterocycles. The normalized spacial score (nSPS) is 22.2. The number of alkyl halides is 3. The maximum atomic E-state index is 13.7. The first-order valence-electron chi connectivity index (χ1n) is 5.15. The zero-order valence-corrected chi connectivity index (χ0v) is 11.9. The van der Waals surface area contributed by atoms with Gasteiger partial charge in [0.15, 0.2) is 23.3 Å². The minimum absolute atomic E-state index is 0.0519. The Bertz CT molecular complexity index is 607. The molecular weight excluding hydrogens is 365 g/mol. The molecule has 1 aromatic carbocycles. The summed E-state index contributed by atoms with van der Waals surface area (Å²) in [6, 6.07) is 0. The van der Waals surface area contributed by atoms with Crippen molar-refractivity contribution in [3.63, 3.8) is 0 Å². The van der Waals surface area contributed by atoms with E-state index in [0.29, 0.717) is 0 Å². The van der Waals surface area contributed by atoms with E-state index in [0.717, 1.165) is 6.21 Å². The molecule has 0 spiro atoms. The van der Waals surface area contributed by atoms with Crippen LogP contribution in [0.1, 0.15) is 6.42 Å². The van der Waals surface area contributed by atoms with E-state index in [2.05, 4.69) is 5.10 Å². The third-order valence-corrected chi connectivity index (χ3v) is 3.68. The Kier molecular flexibility index (Phi) is 4.03. The van der Waals surface area contributed by atoms with Gasteiger partial charge in [0.05, 0.1) is 0 Å². The Balaban J connectivity index is 2.70. The number of nitrogens with zero attached hydrogens (tertiary/aromatic N) is 2. The number of aliphatic hydroxyl groups is 1. The van der Waals surface area contributed by atoms with Gasteiger partial charge in [0.25, 0.3) is 0 Å². The highest BCUT2D eigenvalue weighted by Gasteiger charge is 2.56. The van der Waals surface area contributed by atoms with Crippen molar-refractivity contribution in [3.8, 4) is 0 Å². The molecule has 21 heavy (non-hydrogen) atoms. The highest BCUT2D eigenvalue weighted by Crippen LogP contribution is 2.47. The molecule has 1 unspecified atom stereocenters. The van der Waals surface area contributed by atoms with Crippen LogP contribution in [-0.2, 0) is 0 Å². The van der Waals surface area contributed by atoms with E-state index in [-0.39, 0.29) is 5.01 Å². The molecule has 0 fully saturated rings. The van der Waals surface area contributed by atoms with Crippen LogP contribution in [0.15, 0.2) is 5.10 Å². The number of hydrogen-bond acceptors (Lipinski definition) is 3. The van der Waals surface area contributed by atoms with E-state index < -0.39 is 50.7 Å². The summed E-state index contributed by atoms with van der Waals surface area (Å²) in [6.45, 7) is 0. The van der Waals surface area contributed by atoms with Gasteiger partial charge in [0.1, 0.15) is 5.69 Å². The molecule has 1 aliphatic heterocycles. The smallest absolute Gasteiger partial charge is 0.239 e. The highest BCUT2D eigenvalue weighted by molar-refractivity contribution is 6.68. The SMILES string of the molecule is OC1(C(Cl)(Cl)Cl)CC=NN1c1c(F)c(F)c(F)c(F)c1F. The Morgan fingerprint density at radius 3 is 1.86 bits per heavy atom. The van der Waals surface area contributed by atoms with Crippen LogP contribution in [-0.4, -0.2) is 20.8 Å². The van der Waals surface area contributed by atoms with Crippen LogP contribution in [0.25, 0.3) is 0 Å². The molecule has 0 saturated heterocycles. The first-order chi connectivity index (χ1) is 9.52. The number of anilines is 1. The molecule has 0 bridgehead atoms. The summed E-state index contributed by atoms with van der Waals surface area (Å²) in [4.78, 5) is 0. The molecule has 116 valence electrons. The van der Waals surface area contributed by atoms with Crippen molar-refractivity contribution in [2.24, 2.45) is 5.10 Å². The zero-order chi connectivity index (χ0) is 16.2. The number of benzene rings is 1. The van der Waals surface area contributed by atoms with Crippen LogP contribution < -0.4 is 5.01 Å². The summed E-state index contributed by atoms with van der Waals surface area (Å²) in [5, 5.41) is 13.6. The van der Waals surface area contributed by atoms with Crippen LogP contribution in [0.2, 0.25) is 0 Å². The minimum atomic E-state index is -2.62. The van der Waals surface area contributed by atoms with Crippen LogP contribution in [0, 0.1) is 29.1 Å². The Hall–Kier alpha value is -0.830. The summed E-state index contributed by atoms with van der Waals surface area (Å²) in [6.07, 6.45) is 0.392. The number of hydrazone groups is 1. The fourth-order valence-electron chi connectivity index (χ4n) is 1.69. The molecular formula is C10H4Cl3F5N2O. The Morgan fingerprint density at radius 2 is 1.43 bits per heavy atom. The van der Waals surface area contributed by atoms with Crippen molar-refractivity contribution in [2.75, 3.05) is 5.01 Å². The fourth-order valence-corrected chi connectivity index (χ4v) is 2.16. The van der Waals surface area contributed by atoms with E-state index in [1.807, 2.05) is 0 Å². The van der Waals surface area contributed by atoms with Crippen molar-refractivity contribution < 1.29 is 27.1 Å². The van der Waals surface area contributed by atoms with E-state index in [4.69, 9.17) is 34.8 Å². The molecule has 1 aromatic rings. The lowest BCUT2D eigenvalue weighted by atomic mass is 10.1. The van der Waals surface area contributed by atoms with Crippen molar-refractivity contribution in [1.82, 2.24) is 0 Å². The second kappa shape index (κ2) is 5.12. The predicted molar refractivity (Wildman–Crippen MR) is 67.1 cm³/mol. The molecule has 0 aliphatic carbocycles. The van der Waals surface area contributed by atoms with Crippen LogP contribution in [0.5, 0.6) is 0 Å². The lowest BCUT2D eigenvalue weighted by molar-refractivity contribution is 0.0552. The Labute approximate surface area is 129 Å². The monoisotopic (exact) mass is 368 g/mol. The first kappa shape index (κ1) is 16.5. The first-order valence-corrected chi connectivity index (χ1v) is 6.29. The van der Waals surface area contributed by atoms with Gasteiger partial charge in [-0.25, -0.2) is 27.0 Å². The van der Waals surface area contributed by atoms with Gasteiger partial charge in [-0.05, 0) is 0 Å². The van der Waals surface area contributed by atoms with Gasteiger partial charge in [-0.15, -0.1) is 0 Å². The van der Waals surface area contributed by atoms with Gasteiger partial charge in [0, 0.05) is 12.6 Å². The van der Waals surface area contributed by atoms with E-state index in [1.54, 1.807) is 0 Å². The van der Waals surface area contributed by atoms with Crippen molar-refractivity contribution in [2.45, 2.75) is 15.9 Å². The van der Waals surface area contributed by atoms with Crippen LogP contribution >= 0.6 is 34.8 Å². The lowest BCUT2D eigenvalue weighted by Gasteiger charge is -2.37. The van der Waals surface area contributed by atoms with Gasteiger partial charge in [0.2, 0.25) is 15.3 Å². The summed E-state index contributed by atoms with van der Waals surface area (Å²) >= 11 is 16.5. The van der Waals surface area contributed by atoms with Gasteiger partial charge < -0.3 is 5.11 Å². The number of rotatable bonds is 1. The third-order valence-electron chi connectivity index (χ3n) is 2.78. The van der Waals surface area contributed by atoms with Crippen molar-refractivity contribution in [1.29, 1.82) is 0 Å². The molecule has 0 amide bonds. The van der Waals surface area contributed by atoms with Gasteiger partial charge >= 0.3 is 0 Å². The average Bonchev–Trinajstić information content (AvgIpc) is 2.78. The molecule has 1 aliphatic rings. The largest absolute Gasteiger partial charge is 0.365 e. The quantitative estimate of drug-likeness (QED) is 0.355. The molecule has 2 rings (SSSR count). The van der Waals surface area contributed by atoms with E-state index in [1.165, 1.54) is 0 Å². The molecule has 11 heteroatoms. The van der Waals surface area contributed by atoms with E-state index in [9.17, 15) is 27.1 Å². The molecule has 1 N–H and O–H groups in total. The fraction of sp³-hybridized carbons (Fsp3) is 0.300. The highest BCUT2D eigenvalue weighted by atomic mass is 35.6. The maximum absolute atomic E-state index is 13.7. The van der Waals surface area contributed by atoms with Gasteiger partial charge in [-0.2, -0.15) is 5.10 Å². The zero-order valence-electron chi connectivity index (χ0n) is 9.65. The standard InChI is InChI=1S/C10H4Cl3F5N2O/c11-10(12,13)9(21)1-2-19-20(9)8-6(17)4(15)3(14)5(16)7(8)18/h2,21H,1H2. The maximum Gasteiger partial charge on any atom is 0.239 e. The molecule has 1 atom stereocenters. The number of hydrogen-bond donors (Lipinski definition) is 1. The molecule has 0 radical (unpaired) electrons. The van der Waals surface area contributed by atoms with Crippen LogP contribution in [0.4, 0.5) is 27.6 Å². The second-order valence-electron chi connectivity index (χ2n) is 4.05. The lowest BCUT2D eigenvalue weighted by Crippen LogP contribution is -2.54. The summed E-state index contributed by atoms with van der Waals surface area (Å²) in [5.41, 5.74) is -4.13. The van der Waals surface area contributed by atoms with Gasteiger partial charge in [-0.3, -0.25) is 0 Å². The van der Waals surface area contributed by atoms with Crippen molar-refractivity contribution in [3.05, 3.63) is 29.1 Å². The third kappa shape index (κ3) is 2.34. The topological polar surface area (TPSA) is 35.8 Å². The van der Waals surface area contributed by atoms with Crippen LogP contribution in [0.3, 0.4) is 0 Å². The molecule has 3 nitrogen and oxygen atoms in total. The molecule has 0 saturated carbocycles. The number of halogens is 8. The second-order valence-corrected chi connectivity index (χ2v) is 6.33. The Morgan fingerprint density at radius 1 is 1.00 bits per heavy atom. The minimum Gasteiger partial charge on any atom is -0.365 e. The summed E-state index contributed by atoms with van der Waals surface area (Å²) in [7, 11) is 0. The molecule has 0 aromatic heterocycles. The summed E-state index contributed by atoms with van der Waals surface area (Å²) < 4.78 is 64.2. The van der Waals surface area contributed by atoms with Gasteiger partial charge in [-0.1, -0.05) is 34.8 Å². The van der Waals surface area contributed by atoms with Crippen molar-refractivity contribution >= 4 is 46.7 Å².